The van der Waals surface area contributed by atoms with E-state index in [2.05, 4.69) is 169 Å². The van der Waals surface area contributed by atoms with Gasteiger partial charge in [-0.15, -0.1) is 0 Å². The van der Waals surface area contributed by atoms with Crippen molar-refractivity contribution < 1.29 is 4.42 Å². The highest BCUT2D eigenvalue weighted by atomic mass is 32.2. The van der Waals surface area contributed by atoms with E-state index in [0.29, 0.717) is 0 Å². The van der Waals surface area contributed by atoms with E-state index in [9.17, 15) is 0 Å². The van der Waals surface area contributed by atoms with Crippen molar-refractivity contribution >= 4 is 50.8 Å². The summed E-state index contributed by atoms with van der Waals surface area (Å²) in [5.41, 5.74) is 12.5. The molecule has 1 aliphatic heterocycles. The summed E-state index contributed by atoms with van der Waals surface area (Å²) >= 11 is 1.84. The summed E-state index contributed by atoms with van der Waals surface area (Å²) in [6.45, 7) is 0. The van der Waals surface area contributed by atoms with Crippen LogP contribution in [0.3, 0.4) is 0 Å². The van der Waals surface area contributed by atoms with Crippen LogP contribution in [0.25, 0.3) is 33.1 Å². The molecule has 10 rings (SSSR count). The molecule has 0 saturated heterocycles. The van der Waals surface area contributed by atoms with Crippen LogP contribution < -0.4 is 4.90 Å². The number of benzene rings is 7. The normalized spacial score (nSPS) is 15.8. The van der Waals surface area contributed by atoms with Crippen molar-refractivity contribution in [1.82, 2.24) is 0 Å². The molecule has 0 saturated carbocycles. The van der Waals surface area contributed by atoms with Crippen LogP contribution in [0.1, 0.15) is 22.3 Å². The summed E-state index contributed by atoms with van der Waals surface area (Å²) in [5.74, 6) is 0. The molecular weight excluding hydrogens is 579 g/mol. The third-order valence-corrected chi connectivity index (χ3v) is 10.9. The SMILES string of the molecule is c1ccc(N(c2ccccc2)c2ccc3c(c2)C2(c4ccccc4Sc4c2ccc2c4oc4ccccc42)c2ccccc2-3)cc1. The summed E-state index contributed by atoms with van der Waals surface area (Å²) < 4.78 is 6.69. The lowest BCUT2D eigenvalue weighted by Crippen LogP contribution is -2.32. The molecule has 1 aromatic heterocycles. The van der Waals surface area contributed by atoms with Crippen LogP contribution in [-0.4, -0.2) is 0 Å². The van der Waals surface area contributed by atoms with Gasteiger partial charge in [0.15, 0.2) is 0 Å². The maximum Gasteiger partial charge on any atom is 0.149 e. The van der Waals surface area contributed by atoms with Gasteiger partial charge >= 0.3 is 0 Å². The molecule has 216 valence electrons. The van der Waals surface area contributed by atoms with Crippen LogP contribution in [0, 0.1) is 0 Å². The van der Waals surface area contributed by atoms with Crippen molar-refractivity contribution in [1.29, 1.82) is 0 Å². The smallest absolute Gasteiger partial charge is 0.149 e. The molecule has 8 aromatic rings. The largest absolute Gasteiger partial charge is 0.455 e. The molecule has 1 unspecified atom stereocenters. The predicted molar refractivity (Wildman–Crippen MR) is 190 cm³/mol. The fourth-order valence-electron chi connectivity index (χ4n) is 7.87. The predicted octanol–water partition coefficient (Wildman–Crippen LogP) is 11.9. The number of anilines is 3. The lowest BCUT2D eigenvalue weighted by Gasteiger charge is -2.40. The van der Waals surface area contributed by atoms with E-state index in [1.807, 2.05) is 11.8 Å². The van der Waals surface area contributed by atoms with E-state index in [1.165, 1.54) is 43.2 Å². The third-order valence-electron chi connectivity index (χ3n) is 9.72. The van der Waals surface area contributed by atoms with E-state index in [0.717, 1.165) is 39.0 Å². The van der Waals surface area contributed by atoms with Crippen molar-refractivity contribution in [3.05, 3.63) is 186 Å². The Morgan fingerprint density at radius 1 is 0.457 bits per heavy atom. The highest BCUT2D eigenvalue weighted by Crippen LogP contribution is 2.63. The van der Waals surface area contributed by atoms with Gasteiger partial charge in [0.25, 0.3) is 0 Å². The molecule has 1 atom stereocenters. The number of rotatable bonds is 3. The maximum atomic E-state index is 6.69. The summed E-state index contributed by atoms with van der Waals surface area (Å²) in [6, 6.07) is 59.4. The van der Waals surface area contributed by atoms with E-state index in [1.54, 1.807) is 0 Å². The molecule has 0 fully saturated rings. The second-order valence-corrected chi connectivity index (χ2v) is 13.1. The Balaban J connectivity index is 1.32. The highest BCUT2D eigenvalue weighted by molar-refractivity contribution is 7.99. The second-order valence-electron chi connectivity index (χ2n) is 12.0. The van der Waals surface area contributed by atoms with Gasteiger partial charge in [0.2, 0.25) is 0 Å². The van der Waals surface area contributed by atoms with Crippen LogP contribution in [0.4, 0.5) is 17.1 Å². The quantitative estimate of drug-likeness (QED) is 0.199. The van der Waals surface area contributed by atoms with E-state index >= 15 is 0 Å². The van der Waals surface area contributed by atoms with Gasteiger partial charge in [-0.3, -0.25) is 0 Å². The van der Waals surface area contributed by atoms with Crippen molar-refractivity contribution in [3.8, 4) is 11.1 Å². The highest BCUT2D eigenvalue weighted by Gasteiger charge is 2.51. The third kappa shape index (κ3) is 3.44. The minimum Gasteiger partial charge on any atom is -0.455 e. The monoisotopic (exact) mass is 605 g/mol. The van der Waals surface area contributed by atoms with Crippen LogP contribution >= 0.6 is 11.8 Å². The van der Waals surface area contributed by atoms with E-state index in [4.69, 9.17) is 4.42 Å². The van der Waals surface area contributed by atoms with Crippen LogP contribution in [0.2, 0.25) is 0 Å². The lowest BCUT2D eigenvalue weighted by molar-refractivity contribution is 0.649. The number of para-hydroxylation sites is 3. The summed E-state index contributed by atoms with van der Waals surface area (Å²) in [7, 11) is 0. The van der Waals surface area contributed by atoms with Gasteiger partial charge in [-0.2, -0.15) is 0 Å². The molecule has 0 N–H and O–H groups in total. The summed E-state index contributed by atoms with van der Waals surface area (Å²) in [4.78, 5) is 4.83. The Morgan fingerprint density at radius 2 is 1.11 bits per heavy atom. The first-order valence-corrected chi connectivity index (χ1v) is 16.5. The van der Waals surface area contributed by atoms with Crippen LogP contribution in [0.15, 0.2) is 178 Å². The standard InChI is InChI=1S/C43H27NOS/c1-3-13-28(14-4-1)44(29-15-5-2-6-16-29)30-23-24-32-31-17-7-9-19-35(31)43(38(32)27-30)36-20-10-12-22-40(36)46-42-37(43)26-25-34-33-18-8-11-21-39(33)45-41(34)42/h1-27H. The zero-order chi connectivity index (χ0) is 30.2. The number of fused-ring (bicyclic) bond motifs is 13. The Morgan fingerprint density at radius 3 is 1.91 bits per heavy atom. The average molecular weight is 606 g/mol. The van der Waals surface area contributed by atoms with Crippen molar-refractivity contribution in [2.24, 2.45) is 0 Å². The van der Waals surface area contributed by atoms with Crippen LogP contribution in [0.5, 0.6) is 0 Å². The molecule has 0 amide bonds. The van der Waals surface area contributed by atoms with Gasteiger partial charge in [-0.25, -0.2) is 0 Å². The fraction of sp³-hybridized carbons (Fsp3) is 0.0233. The van der Waals surface area contributed by atoms with E-state index in [-0.39, 0.29) is 0 Å². The fourth-order valence-corrected chi connectivity index (χ4v) is 9.14. The Kier molecular flexibility index (Phi) is 5.46. The molecule has 7 aromatic carbocycles. The molecule has 1 aliphatic carbocycles. The number of hydrogen-bond acceptors (Lipinski definition) is 3. The van der Waals surface area contributed by atoms with Gasteiger partial charge in [-0.05, 0) is 81.9 Å². The second kappa shape index (κ2) is 9.74. The molecule has 3 heteroatoms. The van der Waals surface area contributed by atoms with E-state index < -0.39 is 5.41 Å². The van der Waals surface area contributed by atoms with Gasteiger partial charge < -0.3 is 9.32 Å². The minimum absolute atomic E-state index is 0.509. The Hall–Kier alpha value is -5.51. The minimum atomic E-state index is -0.509. The van der Waals surface area contributed by atoms with Crippen molar-refractivity contribution in [2.45, 2.75) is 15.2 Å². The summed E-state index contributed by atoms with van der Waals surface area (Å²) in [5, 5.41) is 2.32. The molecule has 1 spiro atoms. The lowest BCUT2D eigenvalue weighted by atomic mass is 9.67. The molecule has 2 aliphatic rings. The van der Waals surface area contributed by atoms with Crippen LogP contribution in [-0.2, 0) is 5.41 Å². The van der Waals surface area contributed by atoms with Gasteiger partial charge in [-0.1, -0.05) is 127 Å². The summed E-state index contributed by atoms with van der Waals surface area (Å²) in [6.07, 6.45) is 0. The molecular formula is C43H27NOS. The molecule has 0 radical (unpaired) electrons. The maximum absolute atomic E-state index is 6.69. The first-order chi connectivity index (χ1) is 22.8. The molecule has 0 bridgehead atoms. The number of nitrogens with zero attached hydrogens (tertiary/aromatic N) is 1. The van der Waals surface area contributed by atoms with Crippen molar-refractivity contribution in [3.63, 3.8) is 0 Å². The van der Waals surface area contributed by atoms with Gasteiger partial charge in [0.1, 0.15) is 11.2 Å². The molecule has 46 heavy (non-hydrogen) atoms. The number of furan rings is 1. The van der Waals surface area contributed by atoms with Gasteiger partial charge in [0, 0.05) is 32.7 Å². The van der Waals surface area contributed by atoms with Gasteiger partial charge in [0.05, 0.1) is 10.3 Å². The Labute approximate surface area is 271 Å². The topological polar surface area (TPSA) is 16.4 Å². The zero-order valence-corrected chi connectivity index (χ0v) is 25.7. The first-order valence-electron chi connectivity index (χ1n) is 15.7. The molecule has 2 heterocycles. The first kappa shape index (κ1) is 25.8. The Bertz CT molecular complexity index is 2420. The van der Waals surface area contributed by atoms with Crippen molar-refractivity contribution in [2.75, 3.05) is 4.90 Å². The average Bonchev–Trinajstić information content (AvgIpc) is 3.64. The number of hydrogen-bond donors (Lipinski definition) is 0. The zero-order valence-electron chi connectivity index (χ0n) is 24.9. The molecule has 2 nitrogen and oxygen atoms in total.